The van der Waals surface area contributed by atoms with Gasteiger partial charge in [-0.15, -0.1) is 0 Å². The highest BCUT2D eigenvalue weighted by atomic mass is 35.5. The number of hydrogen-bond acceptors (Lipinski definition) is 2. The summed E-state index contributed by atoms with van der Waals surface area (Å²) < 4.78 is 0. The Kier molecular flexibility index (Phi) is 5.48. The molecule has 0 saturated carbocycles. The monoisotopic (exact) mass is 328 g/mol. The highest BCUT2D eigenvalue weighted by molar-refractivity contribution is 6.35. The van der Waals surface area contributed by atoms with Crippen LogP contribution >= 0.6 is 23.2 Å². The van der Waals surface area contributed by atoms with Gasteiger partial charge in [0.2, 0.25) is 11.8 Å². The first kappa shape index (κ1) is 16.1. The van der Waals surface area contributed by atoms with E-state index < -0.39 is 6.04 Å². The fraction of sp³-hybridized carbons (Fsp3) is 0.467. The lowest BCUT2D eigenvalue weighted by Gasteiger charge is -2.20. The summed E-state index contributed by atoms with van der Waals surface area (Å²) >= 11 is 12.0. The summed E-state index contributed by atoms with van der Waals surface area (Å²) in [7, 11) is 0. The summed E-state index contributed by atoms with van der Waals surface area (Å²) in [5, 5.41) is 6.84. The Hall–Kier alpha value is -1.26. The topological polar surface area (TPSA) is 58.2 Å². The molecule has 0 aromatic heterocycles. The molecule has 1 saturated heterocycles. The number of carbonyl (C=O) groups excluding carboxylic acids is 2. The van der Waals surface area contributed by atoms with Crippen LogP contribution in [0.3, 0.4) is 0 Å². The molecular formula is C15H18Cl2N2O2. The van der Waals surface area contributed by atoms with Gasteiger partial charge in [-0.05, 0) is 37.0 Å². The standard InChI is InChI=1S/C15H18Cl2N2O2/c1-2-11(7-9-3-4-10(16)8-12(9)17)18-15(21)13-5-6-14(20)19-13/h3-4,8,11,13H,2,5-7H2,1H3,(H,18,21)(H,19,20)/t11-,13+/m1/s1. The molecule has 4 nitrogen and oxygen atoms in total. The molecule has 0 unspecified atom stereocenters. The van der Waals surface area contributed by atoms with Gasteiger partial charge in [0.15, 0.2) is 0 Å². The molecule has 1 fully saturated rings. The Labute approximate surface area is 134 Å². The van der Waals surface area contributed by atoms with Crippen molar-refractivity contribution >= 4 is 35.0 Å². The molecule has 0 aliphatic carbocycles. The minimum absolute atomic E-state index is 0.0197. The van der Waals surface area contributed by atoms with Crippen LogP contribution in [-0.2, 0) is 16.0 Å². The van der Waals surface area contributed by atoms with Crippen LogP contribution in [0.25, 0.3) is 0 Å². The van der Waals surface area contributed by atoms with Gasteiger partial charge in [0.05, 0.1) is 0 Å². The number of rotatable bonds is 5. The summed E-state index contributed by atoms with van der Waals surface area (Å²) in [4.78, 5) is 23.3. The molecule has 2 rings (SSSR count). The molecule has 2 amide bonds. The number of halogens is 2. The Balaban J connectivity index is 1.96. The van der Waals surface area contributed by atoms with Gasteiger partial charge in [-0.1, -0.05) is 36.2 Å². The van der Waals surface area contributed by atoms with Crippen molar-refractivity contribution in [3.05, 3.63) is 33.8 Å². The number of benzene rings is 1. The van der Waals surface area contributed by atoms with Crippen LogP contribution in [0.2, 0.25) is 10.0 Å². The predicted octanol–water partition coefficient (Wildman–Crippen LogP) is 2.71. The fourth-order valence-electron chi connectivity index (χ4n) is 2.36. The molecule has 6 heteroatoms. The Morgan fingerprint density at radius 3 is 2.81 bits per heavy atom. The van der Waals surface area contributed by atoms with Crippen molar-refractivity contribution < 1.29 is 9.59 Å². The normalized spacial score (nSPS) is 19.2. The maximum absolute atomic E-state index is 12.1. The van der Waals surface area contributed by atoms with Crippen LogP contribution < -0.4 is 10.6 Å². The first-order valence-electron chi connectivity index (χ1n) is 7.03. The zero-order valence-electron chi connectivity index (χ0n) is 11.8. The van der Waals surface area contributed by atoms with E-state index in [2.05, 4.69) is 10.6 Å². The van der Waals surface area contributed by atoms with E-state index in [4.69, 9.17) is 23.2 Å². The van der Waals surface area contributed by atoms with Gasteiger partial charge in [0, 0.05) is 22.5 Å². The molecular weight excluding hydrogens is 311 g/mol. The lowest BCUT2D eigenvalue weighted by molar-refractivity contribution is -0.126. The second-order valence-electron chi connectivity index (χ2n) is 5.21. The molecule has 1 aliphatic rings. The zero-order valence-corrected chi connectivity index (χ0v) is 13.3. The summed E-state index contributed by atoms with van der Waals surface area (Å²) in [6, 6.07) is 4.93. The highest BCUT2D eigenvalue weighted by Crippen LogP contribution is 2.22. The molecule has 2 N–H and O–H groups in total. The van der Waals surface area contributed by atoms with Gasteiger partial charge in [-0.25, -0.2) is 0 Å². The van der Waals surface area contributed by atoms with Crippen LogP contribution in [0.5, 0.6) is 0 Å². The van der Waals surface area contributed by atoms with Crippen molar-refractivity contribution in [2.75, 3.05) is 0 Å². The first-order valence-corrected chi connectivity index (χ1v) is 7.79. The molecule has 114 valence electrons. The third kappa shape index (κ3) is 4.35. The number of nitrogens with one attached hydrogen (secondary N) is 2. The van der Waals surface area contributed by atoms with Crippen molar-refractivity contribution in [2.45, 2.75) is 44.7 Å². The first-order chi connectivity index (χ1) is 9.99. The quantitative estimate of drug-likeness (QED) is 0.873. The van der Waals surface area contributed by atoms with Crippen LogP contribution in [0.4, 0.5) is 0 Å². The molecule has 1 aromatic rings. The fourth-order valence-corrected chi connectivity index (χ4v) is 2.85. The SMILES string of the molecule is CC[C@H](Cc1ccc(Cl)cc1Cl)NC(=O)[C@@H]1CCC(=O)N1. The van der Waals surface area contributed by atoms with E-state index in [0.29, 0.717) is 29.3 Å². The third-order valence-electron chi connectivity index (χ3n) is 3.63. The number of carbonyl (C=O) groups is 2. The Morgan fingerprint density at radius 1 is 1.48 bits per heavy atom. The smallest absolute Gasteiger partial charge is 0.242 e. The van der Waals surface area contributed by atoms with E-state index in [1.807, 2.05) is 13.0 Å². The Morgan fingerprint density at radius 2 is 2.24 bits per heavy atom. The maximum atomic E-state index is 12.1. The van der Waals surface area contributed by atoms with Crippen molar-refractivity contribution in [3.8, 4) is 0 Å². The molecule has 0 radical (unpaired) electrons. The predicted molar refractivity (Wildman–Crippen MR) is 83.6 cm³/mol. The molecule has 1 aliphatic heterocycles. The molecule has 0 bridgehead atoms. The number of amides is 2. The summed E-state index contributed by atoms with van der Waals surface area (Å²) in [6.45, 7) is 2.00. The van der Waals surface area contributed by atoms with Gasteiger partial charge in [-0.3, -0.25) is 9.59 Å². The van der Waals surface area contributed by atoms with Gasteiger partial charge in [-0.2, -0.15) is 0 Å². The zero-order chi connectivity index (χ0) is 15.4. The summed E-state index contributed by atoms with van der Waals surface area (Å²) in [6.07, 6.45) is 2.39. The lowest BCUT2D eigenvalue weighted by Crippen LogP contribution is -2.46. The van der Waals surface area contributed by atoms with Crippen molar-refractivity contribution in [3.63, 3.8) is 0 Å². The minimum Gasteiger partial charge on any atom is -0.351 e. The van der Waals surface area contributed by atoms with E-state index in [9.17, 15) is 9.59 Å². The number of hydrogen-bond donors (Lipinski definition) is 2. The summed E-state index contributed by atoms with van der Waals surface area (Å²) in [5.74, 6) is -0.193. The van der Waals surface area contributed by atoms with Crippen LogP contribution in [0, 0.1) is 0 Å². The third-order valence-corrected chi connectivity index (χ3v) is 4.22. The van der Waals surface area contributed by atoms with Crippen LogP contribution in [0.1, 0.15) is 31.7 Å². The van der Waals surface area contributed by atoms with E-state index in [1.54, 1.807) is 12.1 Å². The molecule has 2 atom stereocenters. The van der Waals surface area contributed by atoms with E-state index in [-0.39, 0.29) is 17.9 Å². The molecule has 0 spiro atoms. The summed E-state index contributed by atoms with van der Waals surface area (Å²) in [5.41, 5.74) is 0.948. The largest absolute Gasteiger partial charge is 0.351 e. The van der Waals surface area contributed by atoms with E-state index in [0.717, 1.165) is 12.0 Å². The minimum atomic E-state index is -0.410. The maximum Gasteiger partial charge on any atom is 0.242 e. The van der Waals surface area contributed by atoms with E-state index in [1.165, 1.54) is 0 Å². The Bertz CT molecular complexity index is 548. The van der Waals surface area contributed by atoms with Gasteiger partial charge >= 0.3 is 0 Å². The second-order valence-corrected chi connectivity index (χ2v) is 6.06. The van der Waals surface area contributed by atoms with Crippen molar-refractivity contribution in [2.24, 2.45) is 0 Å². The van der Waals surface area contributed by atoms with Crippen molar-refractivity contribution in [1.82, 2.24) is 10.6 Å². The molecule has 21 heavy (non-hydrogen) atoms. The van der Waals surface area contributed by atoms with Crippen LogP contribution in [0.15, 0.2) is 18.2 Å². The second kappa shape index (κ2) is 7.14. The van der Waals surface area contributed by atoms with Gasteiger partial charge < -0.3 is 10.6 Å². The molecule has 1 heterocycles. The highest BCUT2D eigenvalue weighted by Gasteiger charge is 2.28. The average Bonchev–Trinajstić information content (AvgIpc) is 2.87. The van der Waals surface area contributed by atoms with Crippen molar-refractivity contribution in [1.29, 1.82) is 0 Å². The van der Waals surface area contributed by atoms with Crippen LogP contribution in [-0.4, -0.2) is 23.9 Å². The molecule has 1 aromatic carbocycles. The van der Waals surface area contributed by atoms with Gasteiger partial charge in [0.1, 0.15) is 6.04 Å². The van der Waals surface area contributed by atoms with E-state index >= 15 is 0 Å². The lowest BCUT2D eigenvalue weighted by atomic mass is 10.0. The van der Waals surface area contributed by atoms with Gasteiger partial charge in [0.25, 0.3) is 0 Å². The average molecular weight is 329 g/mol.